The van der Waals surface area contributed by atoms with E-state index >= 15 is 0 Å². The van der Waals surface area contributed by atoms with Gasteiger partial charge in [-0.2, -0.15) is 0 Å². The first-order valence-electron chi connectivity index (χ1n) is 7.45. The van der Waals surface area contributed by atoms with Crippen LogP contribution in [0.5, 0.6) is 11.5 Å². The Morgan fingerprint density at radius 3 is 2.69 bits per heavy atom. The van der Waals surface area contributed by atoms with Gasteiger partial charge in [0.05, 0.1) is 4.92 Å². The number of nitro benzene ring substituents is 1. The number of hydrogen-bond acceptors (Lipinski definition) is 6. The largest absolute Gasteiger partial charge is 0.454 e. The van der Waals surface area contributed by atoms with Gasteiger partial charge in [-0.3, -0.25) is 30.6 Å². The maximum Gasteiger partial charge on any atom is 0.270 e. The molecule has 2 aromatic carbocycles. The molecule has 1 aliphatic heterocycles. The SMILES string of the molecule is O=C(/C=C/c1cccc([N+](=O)[O-])c1)NNC(=O)c1ccc2c(c1)OCO2. The fourth-order valence-electron chi connectivity index (χ4n) is 2.18. The number of nitrogens with one attached hydrogen (secondary N) is 2. The van der Waals surface area contributed by atoms with Crippen LogP contribution >= 0.6 is 0 Å². The molecule has 9 heteroatoms. The first-order chi connectivity index (χ1) is 12.5. The molecule has 2 aromatic rings. The number of carbonyl (C=O) groups is 2. The molecule has 0 unspecified atom stereocenters. The van der Waals surface area contributed by atoms with Crippen molar-refractivity contribution >= 4 is 23.6 Å². The average molecular weight is 355 g/mol. The summed E-state index contributed by atoms with van der Waals surface area (Å²) in [6.07, 6.45) is 2.55. The molecule has 2 amide bonds. The number of hydrogen-bond donors (Lipinski definition) is 2. The fourth-order valence-corrected chi connectivity index (χ4v) is 2.18. The quantitative estimate of drug-likeness (QED) is 0.490. The number of non-ortho nitro benzene ring substituents is 1. The third kappa shape index (κ3) is 3.96. The Balaban J connectivity index is 1.56. The molecule has 0 spiro atoms. The average Bonchev–Trinajstić information content (AvgIpc) is 3.12. The monoisotopic (exact) mass is 355 g/mol. The number of nitrogens with zero attached hydrogens (tertiary/aromatic N) is 1. The Morgan fingerprint density at radius 1 is 1.08 bits per heavy atom. The zero-order valence-electron chi connectivity index (χ0n) is 13.3. The van der Waals surface area contributed by atoms with Crippen LogP contribution in [0.2, 0.25) is 0 Å². The highest BCUT2D eigenvalue weighted by atomic mass is 16.7. The minimum absolute atomic E-state index is 0.0799. The first kappa shape index (κ1) is 17.0. The van der Waals surface area contributed by atoms with Gasteiger partial charge in [-0.15, -0.1) is 0 Å². The summed E-state index contributed by atoms with van der Waals surface area (Å²) in [5.74, 6) is -0.119. The summed E-state index contributed by atoms with van der Waals surface area (Å²) in [7, 11) is 0. The molecular formula is C17H13N3O6. The molecule has 3 rings (SSSR count). The van der Waals surface area contributed by atoms with E-state index in [1.165, 1.54) is 36.4 Å². The molecule has 1 aliphatic rings. The van der Waals surface area contributed by atoms with Crippen molar-refractivity contribution in [3.8, 4) is 11.5 Å². The van der Waals surface area contributed by atoms with Gasteiger partial charge < -0.3 is 9.47 Å². The second-order valence-corrected chi connectivity index (χ2v) is 5.20. The summed E-state index contributed by atoms with van der Waals surface area (Å²) in [5.41, 5.74) is 5.18. The number of carbonyl (C=O) groups excluding carboxylic acids is 2. The van der Waals surface area contributed by atoms with Crippen molar-refractivity contribution in [3.63, 3.8) is 0 Å². The van der Waals surface area contributed by atoms with Gasteiger partial charge in [-0.1, -0.05) is 12.1 Å². The van der Waals surface area contributed by atoms with Gasteiger partial charge in [0.2, 0.25) is 6.79 Å². The normalized spacial score (nSPS) is 12.0. The van der Waals surface area contributed by atoms with Crippen LogP contribution < -0.4 is 20.3 Å². The van der Waals surface area contributed by atoms with Crippen LogP contribution in [0.1, 0.15) is 15.9 Å². The number of benzene rings is 2. The molecule has 132 valence electrons. The van der Waals surface area contributed by atoms with E-state index in [4.69, 9.17) is 9.47 Å². The first-order valence-corrected chi connectivity index (χ1v) is 7.45. The molecule has 2 N–H and O–H groups in total. The molecule has 0 atom stereocenters. The minimum atomic E-state index is -0.592. The molecule has 0 saturated carbocycles. The van der Waals surface area contributed by atoms with E-state index < -0.39 is 16.7 Å². The van der Waals surface area contributed by atoms with Gasteiger partial charge in [0, 0.05) is 23.8 Å². The highest BCUT2D eigenvalue weighted by Gasteiger charge is 2.16. The highest BCUT2D eigenvalue weighted by molar-refractivity contribution is 5.98. The number of nitro groups is 1. The zero-order valence-corrected chi connectivity index (χ0v) is 13.3. The van der Waals surface area contributed by atoms with E-state index in [2.05, 4.69) is 10.9 Å². The van der Waals surface area contributed by atoms with Crippen molar-refractivity contribution in [1.82, 2.24) is 10.9 Å². The Bertz CT molecular complexity index is 909. The summed E-state index contributed by atoms with van der Waals surface area (Å²) in [6, 6.07) is 10.4. The van der Waals surface area contributed by atoms with Crippen molar-refractivity contribution < 1.29 is 24.0 Å². The van der Waals surface area contributed by atoms with Crippen LogP contribution in [0, 0.1) is 10.1 Å². The van der Waals surface area contributed by atoms with Gasteiger partial charge in [-0.05, 0) is 29.8 Å². The van der Waals surface area contributed by atoms with E-state index in [1.54, 1.807) is 12.1 Å². The van der Waals surface area contributed by atoms with E-state index in [1.807, 2.05) is 0 Å². The molecule has 1 heterocycles. The smallest absolute Gasteiger partial charge is 0.270 e. The summed E-state index contributed by atoms with van der Waals surface area (Å²) in [5, 5.41) is 10.7. The number of rotatable bonds is 4. The van der Waals surface area contributed by atoms with Crippen molar-refractivity contribution in [2.45, 2.75) is 0 Å². The van der Waals surface area contributed by atoms with Crippen molar-refractivity contribution in [1.29, 1.82) is 0 Å². The van der Waals surface area contributed by atoms with Crippen molar-refractivity contribution in [2.24, 2.45) is 0 Å². The van der Waals surface area contributed by atoms with Gasteiger partial charge in [0.25, 0.3) is 17.5 Å². The summed E-state index contributed by atoms with van der Waals surface area (Å²) in [4.78, 5) is 34.0. The maximum atomic E-state index is 12.0. The molecule has 0 aliphatic carbocycles. The summed E-state index contributed by atoms with van der Waals surface area (Å²) >= 11 is 0. The van der Waals surface area contributed by atoms with Crippen LogP contribution in [-0.2, 0) is 4.79 Å². The van der Waals surface area contributed by atoms with Gasteiger partial charge in [0.1, 0.15) is 0 Å². The number of fused-ring (bicyclic) bond motifs is 1. The Morgan fingerprint density at radius 2 is 1.88 bits per heavy atom. The molecule has 26 heavy (non-hydrogen) atoms. The van der Waals surface area contributed by atoms with Gasteiger partial charge >= 0.3 is 0 Å². The molecular weight excluding hydrogens is 342 g/mol. The van der Waals surface area contributed by atoms with Crippen molar-refractivity contribution in [3.05, 3.63) is 69.8 Å². The van der Waals surface area contributed by atoms with E-state index in [0.717, 1.165) is 6.08 Å². The van der Waals surface area contributed by atoms with Crippen LogP contribution in [0.25, 0.3) is 6.08 Å². The molecule has 0 bridgehead atoms. The third-order valence-corrected chi connectivity index (χ3v) is 3.44. The van der Waals surface area contributed by atoms with E-state index in [9.17, 15) is 19.7 Å². The third-order valence-electron chi connectivity index (χ3n) is 3.44. The van der Waals surface area contributed by atoms with Crippen LogP contribution in [0.15, 0.2) is 48.5 Å². The van der Waals surface area contributed by atoms with Crippen LogP contribution in [-0.4, -0.2) is 23.5 Å². The van der Waals surface area contributed by atoms with Crippen molar-refractivity contribution in [2.75, 3.05) is 6.79 Å². The molecule has 9 nitrogen and oxygen atoms in total. The summed E-state index contributed by atoms with van der Waals surface area (Å²) < 4.78 is 10.3. The maximum absolute atomic E-state index is 12.0. The molecule has 0 saturated heterocycles. The standard InChI is InChI=1S/C17H13N3O6/c21-16(7-4-11-2-1-3-13(8-11)20(23)24)18-19-17(22)12-5-6-14-15(9-12)26-10-25-14/h1-9H,10H2,(H,18,21)(H,19,22)/b7-4+. The topological polar surface area (TPSA) is 120 Å². The number of ether oxygens (including phenoxy) is 2. The predicted molar refractivity (Wildman–Crippen MR) is 90.3 cm³/mol. The van der Waals surface area contributed by atoms with Gasteiger partial charge in [0.15, 0.2) is 11.5 Å². The Labute approximate surface area is 147 Å². The Kier molecular flexibility index (Phi) is 4.79. The fraction of sp³-hybridized carbons (Fsp3) is 0.0588. The van der Waals surface area contributed by atoms with Crippen LogP contribution in [0.4, 0.5) is 5.69 Å². The van der Waals surface area contributed by atoms with E-state index in [0.29, 0.717) is 17.1 Å². The zero-order chi connectivity index (χ0) is 18.5. The highest BCUT2D eigenvalue weighted by Crippen LogP contribution is 2.32. The molecule has 0 radical (unpaired) electrons. The lowest BCUT2D eigenvalue weighted by Gasteiger charge is -2.06. The lowest BCUT2D eigenvalue weighted by atomic mass is 10.2. The van der Waals surface area contributed by atoms with E-state index in [-0.39, 0.29) is 18.0 Å². The predicted octanol–water partition coefficient (Wildman–Crippen LogP) is 1.80. The Hall–Kier alpha value is -3.88. The minimum Gasteiger partial charge on any atom is -0.454 e. The number of hydrazine groups is 1. The second-order valence-electron chi connectivity index (χ2n) is 5.20. The molecule has 0 aromatic heterocycles. The molecule has 0 fully saturated rings. The summed E-state index contributed by atoms with van der Waals surface area (Å²) in [6.45, 7) is 0.0968. The lowest BCUT2D eigenvalue weighted by Crippen LogP contribution is -2.40. The lowest BCUT2D eigenvalue weighted by molar-refractivity contribution is -0.384. The second kappa shape index (κ2) is 7.34. The van der Waals surface area contributed by atoms with Gasteiger partial charge in [-0.25, -0.2) is 0 Å². The number of amides is 2. The van der Waals surface area contributed by atoms with Crippen LogP contribution in [0.3, 0.4) is 0 Å².